The van der Waals surface area contributed by atoms with Gasteiger partial charge in [0.25, 0.3) is 5.69 Å². The molecule has 6 heteroatoms. The molecule has 1 aromatic carbocycles. The number of nitrogens with one attached hydrogen (secondary N) is 1. The Kier molecular flexibility index (Phi) is 4.84. The van der Waals surface area contributed by atoms with E-state index in [0.717, 1.165) is 24.8 Å². The fourth-order valence-corrected chi connectivity index (χ4v) is 1.61. The van der Waals surface area contributed by atoms with Crippen LogP contribution < -0.4 is 11.1 Å². The number of hydrogen-bond acceptors (Lipinski definition) is 3. The van der Waals surface area contributed by atoms with Gasteiger partial charge in [0, 0.05) is 6.07 Å². The van der Waals surface area contributed by atoms with Crippen molar-refractivity contribution in [3.8, 4) is 0 Å². The summed E-state index contributed by atoms with van der Waals surface area (Å²) in [6, 6.07) is 5.06. The lowest BCUT2D eigenvalue weighted by Crippen LogP contribution is -2.19. The lowest BCUT2D eigenvalue weighted by molar-refractivity contribution is -0.384. The van der Waals surface area contributed by atoms with Gasteiger partial charge in [-0.25, -0.2) is 0 Å². The first-order valence-electron chi connectivity index (χ1n) is 5.38. The smallest absolute Gasteiger partial charge is 0.293 e. The summed E-state index contributed by atoms with van der Waals surface area (Å²) in [5.74, 6) is 0. The van der Waals surface area contributed by atoms with Gasteiger partial charge in [0.2, 0.25) is 0 Å². The van der Waals surface area contributed by atoms with Gasteiger partial charge in [-0.1, -0.05) is 19.4 Å². The summed E-state index contributed by atoms with van der Waals surface area (Å²) in [5, 5.41) is 13.5. The van der Waals surface area contributed by atoms with Gasteiger partial charge >= 0.3 is 0 Å². The molecule has 1 rings (SSSR count). The fourth-order valence-electron chi connectivity index (χ4n) is 1.50. The molecule has 5 nitrogen and oxygen atoms in total. The van der Waals surface area contributed by atoms with Gasteiger partial charge in [0.1, 0.15) is 5.69 Å². The predicted octanol–water partition coefficient (Wildman–Crippen LogP) is 2.59. The van der Waals surface area contributed by atoms with Crippen LogP contribution in [0.5, 0.6) is 0 Å². The maximum Gasteiger partial charge on any atom is 0.293 e. The zero-order chi connectivity index (χ0) is 12.8. The molecule has 3 N–H and O–H groups in total. The maximum atomic E-state index is 10.9. The molecule has 0 unspecified atom stereocenters. The number of benzene rings is 1. The quantitative estimate of drug-likeness (QED) is 0.479. The van der Waals surface area contributed by atoms with E-state index in [-0.39, 0.29) is 10.8 Å². The molecule has 0 atom stereocenters. The van der Waals surface area contributed by atoms with Crippen LogP contribution in [0, 0.1) is 10.1 Å². The highest BCUT2D eigenvalue weighted by molar-refractivity contribution is 7.80. The number of nitro groups is 1. The molecule has 0 heterocycles. The average molecular weight is 253 g/mol. The van der Waals surface area contributed by atoms with Crippen LogP contribution >= 0.6 is 12.2 Å². The summed E-state index contributed by atoms with van der Waals surface area (Å²) in [6.45, 7) is 2.08. The molecule has 92 valence electrons. The monoisotopic (exact) mass is 253 g/mol. The Labute approximate surface area is 105 Å². The van der Waals surface area contributed by atoms with E-state index in [1.54, 1.807) is 12.1 Å². The van der Waals surface area contributed by atoms with Crippen LogP contribution in [0.1, 0.15) is 25.3 Å². The molecule has 0 aliphatic heterocycles. The van der Waals surface area contributed by atoms with Gasteiger partial charge in [-0.15, -0.1) is 0 Å². The van der Waals surface area contributed by atoms with Crippen LogP contribution in [-0.2, 0) is 6.42 Å². The largest absolute Gasteiger partial charge is 0.376 e. The molecule has 0 aliphatic carbocycles. The number of nitrogens with two attached hydrogens (primary N) is 1. The second-order valence-electron chi connectivity index (χ2n) is 3.70. The third-order valence-electron chi connectivity index (χ3n) is 2.34. The molecule has 0 aromatic heterocycles. The Morgan fingerprint density at radius 3 is 2.82 bits per heavy atom. The molecule has 0 amide bonds. The van der Waals surface area contributed by atoms with Crippen molar-refractivity contribution in [2.24, 2.45) is 5.73 Å². The van der Waals surface area contributed by atoms with Crippen LogP contribution in [0.3, 0.4) is 0 Å². The van der Waals surface area contributed by atoms with E-state index in [9.17, 15) is 10.1 Å². The summed E-state index contributed by atoms with van der Waals surface area (Å²) >= 11 is 4.67. The van der Waals surface area contributed by atoms with Crippen LogP contribution in [0.25, 0.3) is 0 Å². The summed E-state index contributed by atoms with van der Waals surface area (Å²) in [4.78, 5) is 10.5. The van der Waals surface area contributed by atoms with Crippen LogP contribution in [0.4, 0.5) is 11.4 Å². The van der Waals surface area contributed by atoms with E-state index in [0.29, 0.717) is 5.69 Å². The minimum Gasteiger partial charge on any atom is -0.376 e. The van der Waals surface area contributed by atoms with Gasteiger partial charge in [-0.05, 0) is 36.7 Å². The van der Waals surface area contributed by atoms with Gasteiger partial charge in [0.05, 0.1) is 4.92 Å². The minimum atomic E-state index is -0.434. The minimum absolute atomic E-state index is 0.00593. The van der Waals surface area contributed by atoms with Gasteiger partial charge < -0.3 is 11.1 Å². The highest BCUT2D eigenvalue weighted by Crippen LogP contribution is 2.26. The Morgan fingerprint density at radius 2 is 2.29 bits per heavy atom. The van der Waals surface area contributed by atoms with Crippen molar-refractivity contribution in [3.05, 3.63) is 33.9 Å². The van der Waals surface area contributed by atoms with E-state index >= 15 is 0 Å². The van der Waals surface area contributed by atoms with E-state index in [4.69, 9.17) is 5.73 Å². The highest BCUT2D eigenvalue weighted by atomic mass is 32.1. The summed E-state index contributed by atoms with van der Waals surface area (Å²) in [5.41, 5.74) is 6.60. The highest BCUT2D eigenvalue weighted by Gasteiger charge is 2.14. The standard InChI is InChI=1S/C11H15N3O2S/c1-2-3-4-8-5-6-9(13-11(12)17)10(7-8)14(15)16/h5-7H,2-4H2,1H3,(H3,12,13,17). The number of thiocarbonyl (C=S) groups is 1. The SMILES string of the molecule is CCCCc1ccc(NC(N)=S)c([N+](=O)[O-])c1. The zero-order valence-corrected chi connectivity index (χ0v) is 10.4. The number of nitro benzene ring substituents is 1. The van der Waals surface area contributed by atoms with Crippen LogP contribution in [0.15, 0.2) is 18.2 Å². The molecular formula is C11H15N3O2S. The lowest BCUT2D eigenvalue weighted by Gasteiger charge is -2.06. The fraction of sp³-hybridized carbons (Fsp3) is 0.364. The molecule has 0 bridgehead atoms. The van der Waals surface area contributed by atoms with E-state index in [1.165, 1.54) is 0 Å². The molecule has 0 radical (unpaired) electrons. The van der Waals surface area contributed by atoms with Gasteiger partial charge in [0.15, 0.2) is 5.11 Å². The Morgan fingerprint density at radius 1 is 1.59 bits per heavy atom. The van der Waals surface area contributed by atoms with Crippen molar-refractivity contribution in [3.63, 3.8) is 0 Å². The van der Waals surface area contributed by atoms with Crippen molar-refractivity contribution in [1.82, 2.24) is 0 Å². The van der Waals surface area contributed by atoms with Crippen molar-refractivity contribution in [2.45, 2.75) is 26.2 Å². The Bertz CT molecular complexity index is 435. The maximum absolute atomic E-state index is 10.9. The van der Waals surface area contributed by atoms with Crippen LogP contribution in [0.2, 0.25) is 0 Å². The second kappa shape index (κ2) is 6.15. The van der Waals surface area contributed by atoms with Gasteiger partial charge in [-0.3, -0.25) is 10.1 Å². The van der Waals surface area contributed by atoms with Crippen molar-refractivity contribution < 1.29 is 4.92 Å². The Hall–Kier alpha value is -1.69. The first-order chi connectivity index (χ1) is 8.04. The predicted molar refractivity (Wildman–Crippen MR) is 72.1 cm³/mol. The third kappa shape index (κ3) is 3.99. The van der Waals surface area contributed by atoms with Crippen molar-refractivity contribution in [1.29, 1.82) is 0 Å². The molecule has 0 fully saturated rings. The number of hydrogen-bond donors (Lipinski definition) is 2. The zero-order valence-electron chi connectivity index (χ0n) is 9.60. The molecule has 17 heavy (non-hydrogen) atoms. The first kappa shape index (κ1) is 13.4. The molecule has 0 aliphatic rings. The van der Waals surface area contributed by atoms with E-state index in [2.05, 4.69) is 24.5 Å². The molecule has 0 spiro atoms. The normalized spacial score (nSPS) is 9.94. The topological polar surface area (TPSA) is 81.2 Å². The second-order valence-corrected chi connectivity index (χ2v) is 4.14. The van der Waals surface area contributed by atoms with Crippen LogP contribution in [-0.4, -0.2) is 10.0 Å². The molecule has 0 saturated carbocycles. The average Bonchev–Trinajstić information content (AvgIpc) is 2.26. The summed E-state index contributed by atoms with van der Waals surface area (Å²) < 4.78 is 0. The van der Waals surface area contributed by atoms with Crippen molar-refractivity contribution >= 4 is 28.7 Å². The van der Waals surface area contributed by atoms with Crippen molar-refractivity contribution in [2.75, 3.05) is 5.32 Å². The number of unbranched alkanes of at least 4 members (excludes halogenated alkanes) is 1. The molecule has 1 aromatic rings. The number of aryl methyl sites for hydroxylation is 1. The number of rotatable bonds is 5. The number of nitrogens with zero attached hydrogens (tertiary/aromatic N) is 1. The van der Waals surface area contributed by atoms with E-state index in [1.807, 2.05) is 6.07 Å². The number of anilines is 1. The third-order valence-corrected chi connectivity index (χ3v) is 2.44. The molecular weight excluding hydrogens is 238 g/mol. The lowest BCUT2D eigenvalue weighted by atomic mass is 10.1. The molecule has 0 saturated heterocycles. The first-order valence-corrected chi connectivity index (χ1v) is 5.79. The summed E-state index contributed by atoms with van der Waals surface area (Å²) in [7, 11) is 0. The summed E-state index contributed by atoms with van der Waals surface area (Å²) in [6.07, 6.45) is 2.91. The van der Waals surface area contributed by atoms with E-state index < -0.39 is 4.92 Å². The van der Waals surface area contributed by atoms with Gasteiger partial charge in [-0.2, -0.15) is 0 Å². The Balaban J connectivity index is 2.99.